The minimum atomic E-state index is -0.183. The molecule has 0 amide bonds. The first-order chi connectivity index (χ1) is 9.61. The van der Waals surface area contributed by atoms with E-state index in [1.807, 2.05) is 43.1 Å². The molecule has 0 radical (unpaired) electrons. The van der Waals surface area contributed by atoms with Crippen LogP contribution in [0.3, 0.4) is 0 Å². The summed E-state index contributed by atoms with van der Waals surface area (Å²) < 4.78 is 13.8. The molecule has 0 aliphatic carbocycles. The molecule has 0 bridgehead atoms. The first kappa shape index (κ1) is 14.4. The van der Waals surface area contributed by atoms with Crippen LogP contribution in [0, 0.1) is 5.82 Å². The van der Waals surface area contributed by atoms with Crippen molar-refractivity contribution in [3.63, 3.8) is 0 Å². The minimum absolute atomic E-state index is 0.0347. The molecule has 20 heavy (non-hydrogen) atoms. The highest BCUT2D eigenvalue weighted by atomic mass is 19.1. The first-order valence-electron chi connectivity index (χ1n) is 6.49. The summed E-state index contributed by atoms with van der Waals surface area (Å²) in [6.07, 6.45) is 0. The van der Waals surface area contributed by atoms with Crippen molar-refractivity contribution in [3.05, 3.63) is 59.5 Å². The number of anilines is 1. The summed E-state index contributed by atoms with van der Waals surface area (Å²) in [6.45, 7) is 2.59. The van der Waals surface area contributed by atoms with Gasteiger partial charge in [0.1, 0.15) is 11.6 Å². The van der Waals surface area contributed by atoms with Gasteiger partial charge in [0, 0.05) is 18.2 Å². The molecule has 0 aliphatic rings. The quantitative estimate of drug-likeness (QED) is 0.650. The van der Waals surface area contributed by atoms with Gasteiger partial charge in [-0.05, 0) is 32.2 Å². The molecule has 1 atom stereocenters. The third-order valence-electron chi connectivity index (χ3n) is 3.38. The fourth-order valence-corrected chi connectivity index (χ4v) is 2.09. The number of hydrazine groups is 1. The molecule has 0 saturated carbocycles. The molecule has 2 rings (SSSR count). The van der Waals surface area contributed by atoms with Crippen LogP contribution in [0.25, 0.3) is 0 Å². The van der Waals surface area contributed by atoms with Gasteiger partial charge < -0.3 is 5.43 Å². The van der Waals surface area contributed by atoms with Crippen molar-refractivity contribution in [3.8, 4) is 0 Å². The van der Waals surface area contributed by atoms with Crippen molar-refractivity contribution >= 4 is 5.82 Å². The second-order valence-corrected chi connectivity index (χ2v) is 4.77. The average molecular weight is 274 g/mol. The highest BCUT2D eigenvalue weighted by Gasteiger charge is 2.15. The lowest BCUT2D eigenvalue weighted by Crippen LogP contribution is -2.23. The number of hydrogen-bond donors (Lipinski definition) is 2. The van der Waals surface area contributed by atoms with Gasteiger partial charge in [-0.25, -0.2) is 15.2 Å². The lowest BCUT2D eigenvalue weighted by atomic mass is 10.1. The molecular formula is C15H19FN4. The number of nitrogens with two attached hydrogens (primary N) is 1. The van der Waals surface area contributed by atoms with E-state index in [2.05, 4.69) is 10.4 Å². The number of nitrogen functional groups attached to an aromatic ring is 1. The van der Waals surface area contributed by atoms with Crippen LogP contribution >= 0.6 is 0 Å². The zero-order chi connectivity index (χ0) is 14.5. The fourth-order valence-electron chi connectivity index (χ4n) is 2.09. The van der Waals surface area contributed by atoms with Gasteiger partial charge in [0.2, 0.25) is 0 Å². The van der Waals surface area contributed by atoms with E-state index in [9.17, 15) is 4.39 Å². The van der Waals surface area contributed by atoms with Crippen LogP contribution in [-0.4, -0.2) is 16.9 Å². The summed E-state index contributed by atoms with van der Waals surface area (Å²) in [5.41, 5.74) is 4.09. The van der Waals surface area contributed by atoms with Crippen molar-refractivity contribution in [1.29, 1.82) is 0 Å². The van der Waals surface area contributed by atoms with Gasteiger partial charge in [0.15, 0.2) is 0 Å². The number of halogens is 1. The Morgan fingerprint density at radius 2 is 2.00 bits per heavy atom. The maximum atomic E-state index is 13.8. The fraction of sp³-hybridized carbons (Fsp3) is 0.267. The summed E-state index contributed by atoms with van der Waals surface area (Å²) in [5.74, 6) is 5.78. The largest absolute Gasteiger partial charge is 0.308 e. The number of nitrogens with zero attached hydrogens (tertiary/aromatic N) is 2. The Bertz CT molecular complexity index is 573. The Balaban J connectivity index is 2.11. The van der Waals surface area contributed by atoms with Gasteiger partial charge in [-0.15, -0.1) is 0 Å². The van der Waals surface area contributed by atoms with Gasteiger partial charge in [-0.1, -0.05) is 24.3 Å². The van der Waals surface area contributed by atoms with E-state index < -0.39 is 0 Å². The molecule has 106 valence electrons. The Kier molecular flexibility index (Phi) is 4.65. The Morgan fingerprint density at radius 1 is 1.25 bits per heavy atom. The van der Waals surface area contributed by atoms with Crippen molar-refractivity contribution in [2.75, 3.05) is 12.5 Å². The highest BCUT2D eigenvalue weighted by molar-refractivity contribution is 5.33. The zero-order valence-corrected chi connectivity index (χ0v) is 11.7. The van der Waals surface area contributed by atoms with Crippen LogP contribution in [-0.2, 0) is 6.54 Å². The maximum Gasteiger partial charge on any atom is 0.140 e. The van der Waals surface area contributed by atoms with Crippen molar-refractivity contribution < 1.29 is 4.39 Å². The number of pyridine rings is 1. The number of nitrogens with one attached hydrogen (secondary N) is 1. The lowest BCUT2D eigenvalue weighted by molar-refractivity contribution is 0.245. The minimum Gasteiger partial charge on any atom is -0.308 e. The van der Waals surface area contributed by atoms with Crippen LogP contribution in [0.2, 0.25) is 0 Å². The van der Waals surface area contributed by atoms with Crippen LogP contribution in [0.5, 0.6) is 0 Å². The number of hydrogen-bond acceptors (Lipinski definition) is 4. The van der Waals surface area contributed by atoms with Crippen molar-refractivity contribution in [2.24, 2.45) is 5.84 Å². The summed E-state index contributed by atoms with van der Waals surface area (Å²) in [5, 5.41) is 0. The normalized spacial score (nSPS) is 12.4. The molecule has 5 heteroatoms. The van der Waals surface area contributed by atoms with Crippen LogP contribution in [0.15, 0.2) is 42.5 Å². The molecule has 1 heterocycles. The molecule has 4 nitrogen and oxygen atoms in total. The summed E-state index contributed by atoms with van der Waals surface area (Å²) in [7, 11) is 1.95. The van der Waals surface area contributed by atoms with Gasteiger partial charge in [0.25, 0.3) is 0 Å². The van der Waals surface area contributed by atoms with Gasteiger partial charge in [-0.3, -0.25) is 4.90 Å². The first-order valence-corrected chi connectivity index (χ1v) is 6.49. The second kappa shape index (κ2) is 6.45. The molecular weight excluding hydrogens is 255 g/mol. The SMILES string of the molecule is CC(c1ccccc1F)N(C)Cc1cccc(NN)n1. The smallest absolute Gasteiger partial charge is 0.140 e. The highest BCUT2D eigenvalue weighted by Crippen LogP contribution is 2.22. The lowest BCUT2D eigenvalue weighted by Gasteiger charge is -2.25. The molecule has 1 unspecified atom stereocenters. The van der Waals surface area contributed by atoms with Gasteiger partial charge in [-0.2, -0.15) is 0 Å². The number of aromatic nitrogens is 1. The predicted molar refractivity (Wildman–Crippen MR) is 78.3 cm³/mol. The van der Waals surface area contributed by atoms with Crippen molar-refractivity contribution in [2.45, 2.75) is 19.5 Å². The summed E-state index contributed by atoms with van der Waals surface area (Å²) in [6, 6.07) is 12.4. The second-order valence-electron chi connectivity index (χ2n) is 4.77. The third kappa shape index (κ3) is 3.31. The maximum absolute atomic E-state index is 13.8. The van der Waals surface area contributed by atoms with E-state index in [-0.39, 0.29) is 11.9 Å². The van der Waals surface area contributed by atoms with Gasteiger partial charge in [0.05, 0.1) is 5.69 Å². The topological polar surface area (TPSA) is 54.2 Å². The standard InChI is InChI=1S/C15H19FN4/c1-11(13-7-3-4-8-14(13)16)20(2)10-12-6-5-9-15(18-12)19-17/h3-9,11H,10,17H2,1-2H3,(H,18,19). The van der Waals surface area contributed by atoms with E-state index in [0.29, 0.717) is 17.9 Å². The predicted octanol–water partition coefficient (Wildman–Crippen LogP) is 2.70. The molecule has 3 N–H and O–H groups in total. The Morgan fingerprint density at radius 3 is 2.70 bits per heavy atom. The van der Waals surface area contributed by atoms with E-state index in [1.54, 1.807) is 12.1 Å². The monoisotopic (exact) mass is 274 g/mol. The zero-order valence-electron chi connectivity index (χ0n) is 11.7. The molecule has 2 aromatic rings. The summed E-state index contributed by atoms with van der Waals surface area (Å²) >= 11 is 0. The number of benzene rings is 1. The Labute approximate surface area is 118 Å². The molecule has 1 aromatic heterocycles. The van der Waals surface area contributed by atoms with Crippen LogP contribution < -0.4 is 11.3 Å². The average Bonchev–Trinajstić information content (AvgIpc) is 2.47. The van der Waals surface area contributed by atoms with Gasteiger partial charge >= 0.3 is 0 Å². The van der Waals surface area contributed by atoms with Crippen LogP contribution in [0.1, 0.15) is 24.2 Å². The molecule has 0 fully saturated rings. The Hall–Kier alpha value is -1.98. The molecule has 0 aliphatic heterocycles. The molecule has 0 saturated heterocycles. The third-order valence-corrected chi connectivity index (χ3v) is 3.38. The van der Waals surface area contributed by atoms with E-state index in [4.69, 9.17) is 5.84 Å². The summed E-state index contributed by atoms with van der Waals surface area (Å²) in [4.78, 5) is 6.40. The van der Waals surface area contributed by atoms with E-state index >= 15 is 0 Å². The van der Waals surface area contributed by atoms with Crippen LogP contribution in [0.4, 0.5) is 10.2 Å². The van der Waals surface area contributed by atoms with Crippen molar-refractivity contribution in [1.82, 2.24) is 9.88 Å². The van der Waals surface area contributed by atoms with E-state index in [0.717, 1.165) is 5.69 Å². The molecule has 0 spiro atoms. The van der Waals surface area contributed by atoms with E-state index in [1.165, 1.54) is 6.07 Å². The molecule has 1 aromatic carbocycles. The number of rotatable bonds is 5.